The van der Waals surface area contributed by atoms with Gasteiger partial charge in [-0.15, -0.1) is 0 Å². The highest BCUT2D eigenvalue weighted by atomic mass is 15.2. The summed E-state index contributed by atoms with van der Waals surface area (Å²) in [5.41, 5.74) is 1.32. The Morgan fingerprint density at radius 1 is 1.35 bits per heavy atom. The molecule has 1 N–H and O–H groups in total. The van der Waals surface area contributed by atoms with Crippen LogP contribution in [0, 0.1) is 5.92 Å². The molecule has 1 fully saturated rings. The van der Waals surface area contributed by atoms with Crippen molar-refractivity contribution in [2.75, 3.05) is 11.9 Å². The van der Waals surface area contributed by atoms with Crippen molar-refractivity contribution in [3.05, 3.63) is 23.9 Å². The molecule has 1 heterocycles. The molecule has 0 amide bonds. The molecular formula is C17H29N3. The number of hydrogen-bond acceptors (Lipinski definition) is 3. The summed E-state index contributed by atoms with van der Waals surface area (Å²) in [6.07, 6.45) is 7.33. The van der Waals surface area contributed by atoms with Crippen molar-refractivity contribution in [1.82, 2.24) is 10.3 Å². The lowest BCUT2D eigenvalue weighted by atomic mass is 9.85. The van der Waals surface area contributed by atoms with E-state index in [0.29, 0.717) is 12.1 Å². The second-order valence-electron chi connectivity index (χ2n) is 6.50. The molecule has 1 aromatic rings. The summed E-state index contributed by atoms with van der Waals surface area (Å²) in [5, 5.41) is 3.47. The van der Waals surface area contributed by atoms with Crippen molar-refractivity contribution in [2.45, 2.75) is 65.1 Å². The lowest BCUT2D eigenvalue weighted by Gasteiger charge is -2.37. The molecule has 1 aromatic heterocycles. The smallest absolute Gasteiger partial charge is 0.128 e. The van der Waals surface area contributed by atoms with Gasteiger partial charge in [0, 0.05) is 31.9 Å². The highest BCUT2D eigenvalue weighted by Gasteiger charge is 2.25. The molecule has 1 aliphatic carbocycles. The molecule has 0 bridgehead atoms. The van der Waals surface area contributed by atoms with Crippen molar-refractivity contribution in [3.8, 4) is 0 Å². The van der Waals surface area contributed by atoms with Crippen molar-refractivity contribution in [2.24, 2.45) is 5.92 Å². The van der Waals surface area contributed by atoms with Crippen molar-refractivity contribution in [1.29, 1.82) is 0 Å². The van der Waals surface area contributed by atoms with Gasteiger partial charge in [-0.05, 0) is 36.5 Å². The van der Waals surface area contributed by atoms with Gasteiger partial charge in [-0.3, -0.25) is 0 Å². The number of hydrogen-bond donors (Lipinski definition) is 1. The monoisotopic (exact) mass is 275 g/mol. The second kappa shape index (κ2) is 7.07. The zero-order chi connectivity index (χ0) is 14.5. The first-order valence-electron chi connectivity index (χ1n) is 7.99. The average molecular weight is 275 g/mol. The molecule has 3 nitrogen and oxygen atoms in total. The first-order valence-corrected chi connectivity index (χ1v) is 7.99. The van der Waals surface area contributed by atoms with E-state index in [1.807, 2.05) is 6.20 Å². The minimum Gasteiger partial charge on any atom is -0.356 e. The van der Waals surface area contributed by atoms with Crippen molar-refractivity contribution < 1.29 is 0 Å². The fourth-order valence-electron chi connectivity index (χ4n) is 3.13. The van der Waals surface area contributed by atoms with Gasteiger partial charge in [0.25, 0.3) is 0 Å². The zero-order valence-electron chi connectivity index (χ0n) is 13.4. The first-order chi connectivity index (χ1) is 9.58. The van der Waals surface area contributed by atoms with Crippen LogP contribution in [0.1, 0.15) is 52.0 Å². The van der Waals surface area contributed by atoms with Crippen LogP contribution in [0.25, 0.3) is 0 Å². The topological polar surface area (TPSA) is 28.2 Å². The molecule has 1 aliphatic rings. The fraction of sp³-hybridized carbons (Fsp3) is 0.706. The van der Waals surface area contributed by atoms with Gasteiger partial charge >= 0.3 is 0 Å². The number of nitrogens with zero attached hydrogens (tertiary/aromatic N) is 2. The Morgan fingerprint density at radius 2 is 2.10 bits per heavy atom. The average Bonchev–Trinajstić information content (AvgIpc) is 2.45. The molecule has 20 heavy (non-hydrogen) atoms. The molecule has 112 valence electrons. The summed E-state index contributed by atoms with van der Waals surface area (Å²) in [4.78, 5) is 6.97. The van der Waals surface area contributed by atoms with E-state index in [2.05, 4.69) is 55.2 Å². The Labute approximate surface area is 123 Å². The maximum Gasteiger partial charge on any atom is 0.128 e. The summed E-state index contributed by atoms with van der Waals surface area (Å²) in [6, 6.07) is 5.50. The van der Waals surface area contributed by atoms with E-state index < -0.39 is 0 Å². The van der Waals surface area contributed by atoms with Gasteiger partial charge < -0.3 is 10.2 Å². The molecular weight excluding hydrogens is 246 g/mol. The van der Waals surface area contributed by atoms with Crippen LogP contribution < -0.4 is 10.2 Å². The Morgan fingerprint density at radius 3 is 2.80 bits per heavy atom. The van der Waals surface area contributed by atoms with E-state index in [9.17, 15) is 0 Å². The first kappa shape index (κ1) is 15.3. The SMILES string of the molecule is CC(C)NCc1ccnc(N(C)C2CCCCC2C)c1. The van der Waals surface area contributed by atoms with E-state index in [0.717, 1.165) is 18.3 Å². The largest absolute Gasteiger partial charge is 0.356 e. The number of nitrogens with one attached hydrogen (secondary N) is 1. The number of pyridine rings is 1. The van der Waals surface area contributed by atoms with Crippen LogP contribution in [0.4, 0.5) is 5.82 Å². The van der Waals surface area contributed by atoms with E-state index >= 15 is 0 Å². The van der Waals surface area contributed by atoms with Crippen LogP contribution in [-0.2, 0) is 6.54 Å². The quantitative estimate of drug-likeness (QED) is 0.890. The lowest BCUT2D eigenvalue weighted by Crippen LogP contribution is -2.39. The van der Waals surface area contributed by atoms with E-state index in [1.54, 1.807) is 0 Å². The molecule has 2 unspecified atom stereocenters. The van der Waals surface area contributed by atoms with Gasteiger partial charge in [-0.1, -0.05) is 33.6 Å². The molecule has 3 heteroatoms. The maximum atomic E-state index is 4.57. The molecule has 2 atom stereocenters. The zero-order valence-corrected chi connectivity index (χ0v) is 13.4. The highest BCUT2D eigenvalue weighted by molar-refractivity contribution is 5.41. The maximum absolute atomic E-state index is 4.57. The summed E-state index contributed by atoms with van der Waals surface area (Å²) in [7, 11) is 2.20. The third-order valence-corrected chi connectivity index (χ3v) is 4.45. The fourth-order valence-corrected chi connectivity index (χ4v) is 3.13. The van der Waals surface area contributed by atoms with Gasteiger partial charge in [0.15, 0.2) is 0 Å². The van der Waals surface area contributed by atoms with Gasteiger partial charge in [-0.25, -0.2) is 4.98 Å². The van der Waals surface area contributed by atoms with Crippen LogP contribution in [-0.4, -0.2) is 24.1 Å². The third kappa shape index (κ3) is 3.95. The van der Waals surface area contributed by atoms with Gasteiger partial charge in [0.1, 0.15) is 5.82 Å². The molecule has 0 spiro atoms. The van der Waals surface area contributed by atoms with Crippen LogP contribution >= 0.6 is 0 Å². The summed E-state index contributed by atoms with van der Waals surface area (Å²) >= 11 is 0. The molecule has 0 saturated heterocycles. The number of anilines is 1. The Hall–Kier alpha value is -1.09. The van der Waals surface area contributed by atoms with Crippen LogP contribution in [0.15, 0.2) is 18.3 Å². The van der Waals surface area contributed by atoms with Gasteiger partial charge in [0.2, 0.25) is 0 Å². The molecule has 0 radical (unpaired) electrons. The minimum absolute atomic E-state index is 0.516. The summed E-state index contributed by atoms with van der Waals surface area (Å²) in [5.74, 6) is 1.89. The lowest BCUT2D eigenvalue weighted by molar-refractivity contribution is 0.320. The molecule has 0 aliphatic heterocycles. The third-order valence-electron chi connectivity index (χ3n) is 4.45. The minimum atomic E-state index is 0.516. The number of aromatic nitrogens is 1. The standard InChI is InChI=1S/C17H29N3/c1-13(2)19-12-15-9-10-18-17(11-15)20(4)16-8-6-5-7-14(16)3/h9-11,13-14,16,19H,5-8,12H2,1-4H3. The Bertz CT molecular complexity index is 416. The Balaban J connectivity index is 2.05. The van der Waals surface area contributed by atoms with Gasteiger partial charge in [-0.2, -0.15) is 0 Å². The predicted molar refractivity (Wildman–Crippen MR) is 86.0 cm³/mol. The van der Waals surface area contributed by atoms with E-state index in [-0.39, 0.29) is 0 Å². The van der Waals surface area contributed by atoms with E-state index in [1.165, 1.54) is 31.2 Å². The van der Waals surface area contributed by atoms with Crippen molar-refractivity contribution >= 4 is 5.82 Å². The van der Waals surface area contributed by atoms with Crippen LogP contribution in [0.2, 0.25) is 0 Å². The normalized spacial score (nSPS) is 23.1. The summed E-state index contributed by atoms with van der Waals surface area (Å²) < 4.78 is 0. The van der Waals surface area contributed by atoms with Gasteiger partial charge in [0.05, 0.1) is 0 Å². The molecule has 2 rings (SSSR count). The summed E-state index contributed by atoms with van der Waals surface area (Å²) in [6.45, 7) is 7.65. The Kier molecular flexibility index (Phi) is 5.41. The number of rotatable bonds is 5. The molecule has 0 aromatic carbocycles. The van der Waals surface area contributed by atoms with Crippen molar-refractivity contribution in [3.63, 3.8) is 0 Å². The van der Waals surface area contributed by atoms with Crippen LogP contribution in [0.5, 0.6) is 0 Å². The highest BCUT2D eigenvalue weighted by Crippen LogP contribution is 2.29. The second-order valence-corrected chi connectivity index (χ2v) is 6.50. The molecule has 1 saturated carbocycles. The predicted octanol–water partition coefficient (Wildman–Crippen LogP) is 3.59. The van der Waals surface area contributed by atoms with Crippen LogP contribution in [0.3, 0.4) is 0 Å². The van der Waals surface area contributed by atoms with E-state index in [4.69, 9.17) is 0 Å².